The number of aryl methyl sites for hydroxylation is 1. The van der Waals surface area contributed by atoms with Gasteiger partial charge in [0.15, 0.2) is 11.4 Å². The SMILES string of the molecule is Cc1cc(-c2cnc3c(NCCN4CCOCC4)cc(Oc4cncc(F)c4)nn23)ccc1C(=O)NC1CC1. The fourth-order valence-electron chi connectivity index (χ4n) is 4.63. The minimum atomic E-state index is -0.498. The van der Waals surface area contributed by atoms with Gasteiger partial charge in [0, 0.05) is 55.5 Å². The number of carbonyl (C=O) groups is 1. The smallest absolute Gasteiger partial charge is 0.251 e. The Morgan fingerprint density at radius 2 is 2.00 bits per heavy atom. The summed E-state index contributed by atoms with van der Waals surface area (Å²) in [5, 5.41) is 11.2. The van der Waals surface area contributed by atoms with Crippen molar-refractivity contribution in [1.82, 2.24) is 29.8 Å². The second-order valence-electron chi connectivity index (χ2n) is 9.87. The van der Waals surface area contributed by atoms with Gasteiger partial charge < -0.3 is 20.1 Å². The Hall–Kier alpha value is -4.09. The summed E-state index contributed by atoms with van der Waals surface area (Å²) in [6, 6.07) is 9.00. The van der Waals surface area contributed by atoms with Gasteiger partial charge in [-0.15, -0.1) is 5.10 Å². The van der Waals surface area contributed by atoms with Crippen molar-refractivity contribution < 1.29 is 18.7 Å². The Kier molecular flexibility index (Phi) is 7.08. The van der Waals surface area contributed by atoms with Crippen LogP contribution in [-0.2, 0) is 4.74 Å². The summed E-state index contributed by atoms with van der Waals surface area (Å²) in [5.74, 6) is -0.0455. The lowest BCUT2D eigenvalue weighted by Crippen LogP contribution is -2.39. The highest BCUT2D eigenvalue weighted by Crippen LogP contribution is 2.30. The van der Waals surface area contributed by atoms with Crippen molar-refractivity contribution in [2.45, 2.75) is 25.8 Å². The van der Waals surface area contributed by atoms with Crippen molar-refractivity contribution in [2.75, 3.05) is 44.7 Å². The van der Waals surface area contributed by atoms with E-state index in [1.165, 1.54) is 12.3 Å². The number of hydrogen-bond donors (Lipinski definition) is 2. The van der Waals surface area contributed by atoms with E-state index in [1.807, 2.05) is 25.1 Å². The first-order valence-corrected chi connectivity index (χ1v) is 13.2. The normalized spacial score (nSPS) is 15.8. The summed E-state index contributed by atoms with van der Waals surface area (Å²) in [5.41, 5.74) is 4.48. The Balaban J connectivity index is 1.31. The average molecular weight is 532 g/mol. The first-order chi connectivity index (χ1) is 19.0. The van der Waals surface area contributed by atoms with Crippen LogP contribution >= 0.6 is 0 Å². The van der Waals surface area contributed by atoms with Gasteiger partial charge in [-0.2, -0.15) is 0 Å². The second kappa shape index (κ2) is 11.0. The number of ether oxygens (including phenoxy) is 2. The summed E-state index contributed by atoms with van der Waals surface area (Å²) >= 11 is 0. The summed E-state index contributed by atoms with van der Waals surface area (Å²) in [7, 11) is 0. The molecule has 4 aromatic rings. The molecule has 6 rings (SSSR count). The second-order valence-corrected chi connectivity index (χ2v) is 9.87. The molecule has 2 fully saturated rings. The van der Waals surface area contributed by atoms with Crippen molar-refractivity contribution >= 4 is 17.2 Å². The molecule has 1 saturated carbocycles. The summed E-state index contributed by atoms with van der Waals surface area (Å²) in [6.45, 7) is 6.73. The molecule has 2 aliphatic rings. The standard InChI is InChI=1S/C28H30FN7O3/c1-18-12-19(2-5-23(18)28(37)33-21-3-4-21)25-17-32-27-24(31-6-7-35-8-10-38-11-9-35)14-26(34-36(25)27)39-22-13-20(29)15-30-16-22/h2,5,12-17,21,31H,3-4,6-11H2,1H3,(H,33,37). The molecule has 1 aromatic carbocycles. The molecular weight excluding hydrogens is 501 g/mol. The summed E-state index contributed by atoms with van der Waals surface area (Å²) in [6.07, 6.45) is 6.38. The van der Waals surface area contributed by atoms with Gasteiger partial charge in [0.2, 0.25) is 5.88 Å². The Morgan fingerprint density at radius 1 is 1.15 bits per heavy atom. The van der Waals surface area contributed by atoms with Crippen LogP contribution in [0.25, 0.3) is 16.9 Å². The van der Waals surface area contributed by atoms with Crippen LogP contribution in [0, 0.1) is 12.7 Å². The third-order valence-corrected chi connectivity index (χ3v) is 6.87. The summed E-state index contributed by atoms with van der Waals surface area (Å²) in [4.78, 5) is 23.5. The number of fused-ring (bicyclic) bond motifs is 1. The Morgan fingerprint density at radius 3 is 2.77 bits per heavy atom. The fraction of sp³-hybridized carbons (Fsp3) is 0.357. The molecule has 4 heterocycles. The minimum absolute atomic E-state index is 0.0519. The van der Waals surface area contributed by atoms with E-state index in [1.54, 1.807) is 16.8 Å². The Bertz CT molecular complexity index is 1500. The lowest BCUT2D eigenvalue weighted by atomic mass is 10.0. The molecule has 0 atom stereocenters. The minimum Gasteiger partial charge on any atom is -0.436 e. The number of nitrogens with zero attached hydrogens (tertiary/aromatic N) is 5. The molecule has 1 saturated heterocycles. The third kappa shape index (κ3) is 5.84. The Labute approximate surface area is 225 Å². The van der Waals surface area contributed by atoms with Gasteiger partial charge in [-0.1, -0.05) is 6.07 Å². The zero-order valence-corrected chi connectivity index (χ0v) is 21.7. The maximum absolute atomic E-state index is 13.7. The van der Waals surface area contributed by atoms with Crippen molar-refractivity contribution in [2.24, 2.45) is 0 Å². The quantitative estimate of drug-likeness (QED) is 0.337. The molecular formula is C28H30FN7O3. The average Bonchev–Trinajstić information content (AvgIpc) is 3.64. The number of morpholine rings is 1. The lowest BCUT2D eigenvalue weighted by molar-refractivity contribution is 0.0398. The van der Waals surface area contributed by atoms with E-state index < -0.39 is 5.82 Å². The fourth-order valence-corrected chi connectivity index (χ4v) is 4.63. The highest BCUT2D eigenvalue weighted by molar-refractivity contribution is 5.96. The van der Waals surface area contributed by atoms with Crippen molar-refractivity contribution in [3.8, 4) is 22.9 Å². The molecule has 2 N–H and O–H groups in total. The van der Waals surface area contributed by atoms with Crippen molar-refractivity contribution in [3.05, 3.63) is 65.9 Å². The van der Waals surface area contributed by atoms with Gasteiger partial charge in [0.25, 0.3) is 5.91 Å². The molecule has 10 nitrogen and oxygen atoms in total. The molecule has 0 spiro atoms. The van der Waals surface area contributed by atoms with Crippen LogP contribution in [0.3, 0.4) is 0 Å². The maximum Gasteiger partial charge on any atom is 0.251 e. The van der Waals surface area contributed by atoms with Crippen LogP contribution in [0.1, 0.15) is 28.8 Å². The van der Waals surface area contributed by atoms with Gasteiger partial charge in [0.1, 0.15) is 5.82 Å². The molecule has 1 amide bonds. The number of hydrogen-bond acceptors (Lipinski definition) is 8. The molecule has 0 unspecified atom stereocenters. The number of carbonyl (C=O) groups excluding carboxylic acids is 1. The first kappa shape index (κ1) is 25.2. The van der Waals surface area contributed by atoms with Crippen LogP contribution in [0.4, 0.5) is 10.1 Å². The zero-order chi connectivity index (χ0) is 26.8. The summed E-state index contributed by atoms with van der Waals surface area (Å²) < 4.78 is 26.8. The molecule has 0 radical (unpaired) electrons. The van der Waals surface area contributed by atoms with E-state index in [0.29, 0.717) is 23.8 Å². The lowest BCUT2D eigenvalue weighted by Gasteiger charge is -2.26. The topological polar surface area (TPSA) is 106 Å². The van der Waals surface area contributed by atoms with Gasteiger partial charge in [-0.05, 0) is 37.5 Å². The number of aromatic nitrogens is 4. The zero-order valence-electron chi connectivity index (χ0n) is 21.7. The number of pyridine rings is 1. The van der Waals surface area contributed by atoms with Gasteiger partial charge >= 0.3 is 0 Å². The number of amides is 1. The van der Waals surface area contributed by atoms with E-state index in [4.69, 9.17) is 9.47 Å². The van der Waals surface area contributed by atoms with Crippen LogP contribution in [0.2, 0.25) is 0 Å². The molecule has 1 aliphatic heterocycles. The van der Waals surface area contributed by atoms with Crippen LogP contribution in [0.15, 0.2) is 48.9 Å². The van der Waals surface area contributed by atoms with Crippen LogP contribution in [-0.4, -0.2) is 75.8 Å². The number of imidazole rings is 1. The van der Waals surface area contributed by atoms with Gasteiger partial charge in [-0.25, -0.2) is 13.9 Å². The van der Waals surface area contributed by atoms with Crippen molar-refractivity contribution in [3.63, 3.8) is 0 Å². The highest BCUT2D eigenvalue weighted by atomic mass is 19.1. The number of benzene rings is 1. The number of rotatable bonds is 9. The first-order valence-electron chi connectivity index (χ1n) is 13.2. The number of nitrogens with one attached hydrogen (secondary N) is 2. The predicted octanol–water partition coefficient (Wildman–Crippen LogP) is 3.67. The van der Waals surface area contributed by atoms with Crippen molar-refractivity contribution in [1.29, 1.82) is 0 Å². The van der Waals surface area contributed by atoms with Gasteiger partial charge in [0.05, 0.1) is 43.2 Å². The van der Waals surface area contributed by atoms with E-state index in [9.17, 15) is 9.18 Å². The molecule has 11 heteroatoms. The van der Waals surface area contributed by atoms with E-state index in [0.717, 1.165) is 74.4 Å². The maximum atomic E-state index is 13.7. The predicted molar refractivity (Wildman–Crippen MR) is 144 cm³/mol. The molecule has 3 aromatic heterocycles. The molecule has 202 valence electrons. The number of anilines is 1. The van der Waals surface area contributed by atoms with Gasteiger partial charge in [-0.3, -0.25) is 14.7 Å². The van der Waals surface area contributed by atoms with E-state index >= 15 is 0 Å². The largest absolute Gasteiger partial charge is 0.436 e. The van der Waals surface area contributed by atoms with Crippen LogP contribution in [0.5, 0.6) is 11.6 Å². The van der Waals surface area contributed by atoms with E-state index in [-0.39, 0.29) is 17.5 Å². The molecule has 39 heavy (non-hydrogen) atoms. The molecule has 0 bridgehead atoms. The highest BCUT2D eigenvalue weighted by Gasteiger charge is 2.24. The van der Waals surface area contributed by atoms with Crippen LogP contribution < -0.4 is 15.4 Å². The molecule has 1 aliphatic carbocycles. The third-order valence-electron chi connectivity index (χ3n) is 6.87. The number of halogens is 1. The van der Waals surface area contributed by atoms with E-state index in [2.05, 4.69) is 30.6 Å². The monoisotopic (exact) mass is 531 g/mol.